The minimum atomic E-state index is -0.720. The predicted molar refractivity (Wildman–Crippen MR) is 78.2 cm³/mol. The molecule has 0 aliphatic heterocycles. The van der Waals surface area contributed by atoms with E-state index in [1.54, 1.807) is 18.2 Å². The number of halogens is 1. The molecule has 6 nitrogen and oxygen atoms in total. The van der Waals surface area contributed by atoms with Crippen LogP contribution in [0.25, 0.3) is 0 Å². The number of urea groups is 1. The van der Waals surface area contributed by atoms with Crippen molar-refractivity contribution < 1.29 is 19.1 Å². The third-order valence-corrected chi connectivity index (χ3v) is 2.83. The molecule has 2 N–H and O–H groups in total. The van der Waals surface area contributed by atoms with Crippen LogP contribution in [-0.2, 0) is 9.53 Å². The Morgan fingerprint density at radius 2 is 1.95 bits per heavy atom. The van der Waals surface area contributed by atoms with Crippen LogP contribution in [-0.4, -0.2) is 31.1 Å². The average molecular weight is 313 g/mol. The average Bonchev–Trinajstić information content (AvgIpc) is 2.45. The van der Waals surface area contributed by atoms with Crippen molar-refractivity contribution in [3.05, 3.63) is 34.9 Å². The summed E-state index contributed by atoms with van der Waals surface area (Å²) in [5.41, 5.74) is 0.166. The van der Waals surface area contributed by atoms with E-state index in [1.807, 2.05) is 6.92 Å². The van der Waals surface area contributed by atoms with Gasteiger partial charge in [-0.05, 0) is 18.6 Å². The molecule has 21 heavy (non-hydrogen) atoms. The van der Waals surface area contributed by atoms with Crippen LogP contribution in [0, 0.1) is 0 Å². The van der Waals surface area contributed by atoms with Crippen molar-refractivity contribution in [2.75, 3.05) is 13.2 Å². The maximum Gasteiger partial charge on any atom is 0.340 e. The van der Waals surface area contributed by atoms with E-state index in [4.69, 9.17) is 16.3 Å². The minimum Gasteiger partial charge on any atom is -0.452 e. The van der Waals surface area contributed by atoms with Gasteiger partial charge in [0.05, 0.1) is 10.6 Å². The van der Waals surface area contributed by atoms with Crippen LogP contribution in [0.5, 0.6) is 0 Å². The van der Waals surface area contributed by atoms with Gasteiger partial charge in [0.15, 0.2) is 6.61 Å². The summed E-state index contributed by atoms with van der Waals surface area (Å²) >= 11 is 5.82. The summed E-state index contributed by atoms with van der Waals surface area (Å²) in [6.07, 6.45) is 1.76. The van der Waals surface area contributed by atoms with Gasteiger partial charge in [-0.1, -0.05) is 37.1 Å². The molecule has 1 rings (SSSR count). The number of esters is 1. The van der Waals surface area contributed by atoms with Crippen LogP contribution >= 0.6 is 11.6 Å². The number of nitrogens with one attached hydrogen (secondary N) is 2. The van der Waals surface area contributed by atoms with Crippen molar-refractivity contribution >= 4 is 29.5 Å². The molecule has 0 unspecified atom stereocenters. The highest BCUT2D eigenvalue weighted by Gasteiger charge is 2.14. The first-order chi connectivity index (χ1) is 10.0. The monoisotopic (exact) mass is 312 g/mol. The normalized spacial score (nSPS) is 9.81. The number of imide groups is 1. The lowest BCUT2D eigenvalue weighted by molar-refractivity contribution is -0.123. The van der Waals surface area contributed by atoms with Crippen LogP contribution in [0.2, 0.25) is 5.02 Å². The van der Waals surface area contributed by atoms with Crippen LogP contribution < -0.4 is 10.6 Å². The Bertz CT molecular complexity index is 519. The molecule has 0 aliphatic carbocycles. The minimum absolute atomic E-state index is 0.166. The number of carbonyl (C=O) groups excluding carboxylic acids is 3. The number of amides is 3. The Kier molecular flexibility index (Phi) is 7.25. The Labute approximate surface area is 127 Å². The fourth-order valence-corrected chi connectivity index (χ4v) is 1.63. The first kappa shape index (κ1) is 17.0. The standard InChI is InChI=1S/C14H17ClN2O4/c1-2-3-8-16-14(20)17-12(18)9-21-13(19)10-6-4-5-7-11(10)15/h4-7H,2-3,8-9H2,1H3,(H2,16,17,18,20). The molecule has 7 heteroatoms. The number of carbonyl (C=O) groups is 3. The Hall–Kier alpha value is -2.08. The summed E-state index contributed by atoms with van der Waals surface area (Å²) in [5.74, 6) is -1.42. The second kappa shape index (κ2) is 8.97. The molecule has 3 amide bonds. The zero-order valence-corrected chi connectivity index (χ0v) is 12.4. The summed E-state index contributed by atoms with van der Waals surface area (Å²) in [6, 6.07) is 5.72. The van der Waals surface area contributed by atoms with E-state index in [-0.39, 0.29) is 10.6 Å². The maximum atomic E-state index is 11.7. The van der Waals surface area contributed by atoms with E-state index in [2.05, 4.69) is 10.6 Å². The van der Waals surface area contributed by atoms with Crippen LogP contribution in [0.1, 0.15) is 30.1 Å². The molecular weight excluding hydrogens is 296 g/mol. The van der Waals surface area contributed by atoms with Crippen LogP contribution in [0.4, 0.5) is 4.79 Å². The predicted octanol–water partition coefficient (Wildman–Crippen LogP) is 2.12. The second-order valence-electron chi connectivity index (χ2n) is 4.21. The number of hydrogen-bond acceptors (Lipinski definition) is 4. The summed E-state index contributed by atoms with van der Waals surface area (Å²) in [4.78, 5) is 34.4. The van der Waals surface area contributed by atoms with Crippen molar-refractivity contribution in [1.82, 2.24) is 10.6 Å². The van der Waals surface area contributed by atoms with E-state index in [1.165, 1.54) is 6.07 Å². The lowest BCUT2D eigenvalue weighted by Gasteiger charge is -2.07. The van der Waals surface area contributed by atoms with E-state index in [0.29, 0.717) is 6.54 Å². The van der Waals surface area contributed by atoms with Gasteiger partial charge in [-0.15, -0.1) is 0 Å². The highest BCUT2D eigenvalue weighted by atomic mass is 35.5. The number of benzene rings is 1. The SMILES string of the molecule is CCCCNC(=O)NC(=O)COC(=O)c1ccccc1Cl. The highest BCUT2D eigenvalue weighted by Crippen LogP contribution is 2.15. The van der Waals surface area contributed by atoms with Gasteiger partial charge < -0.3 is 10.1 Å². The third-order valence-electron chi connectivity index (χ3n) is 2.50. The van der Waals surface area contributed by atoms with Crippen molar-refractivity contribution in [2.24, 2.45) is 0 Å². The molecule has 0 heterocycles. The lowest BCUT2D eigenvalue weighted by Crippen LogP contribution is -2.41. The van der Waals surface area contributed by atoms with Crippen molar-refractivity contribution in [2.45, 2.75) is 19.8 Å². The van der Waals surface area contributed by atoms with Gasteiger partial charge >= 0.3 is 12.0 Å². The zero-order valence-electron chi connectivity index (χ0n) is 11.6. The molecule has 0 atom stereocenters. The molecule has 0 saturated carbocycles. The molecule has 0 spiro atoms. The quantitative estimate of drug-likeness (QED) is 0.622. The molecule has 1 aromatic rings. The molecule has 0 aliphatic rings. The topological polar surface area (TPSA) is 84.5 Å². The fraction of sp³-hybridized carbons (Fsp3) is 0.357. The molecule has 0 bridgehead atoms. The molecule has 1 aromatic carbocycles. The molecule has 0 aromatic heterocycles. The largest absolute Gasteiger partial charge is 0.452 e. The first-order valence-corrected chi connectivity index (χ1v) is 6.91. The third kappa shape index (κ3) is 6.27. The molecule has 0 fully saturated rings. The molecule has 0 saturated heterocycles. The number of ether oxygens (including phenoxy) is 1. The summed E-state index contributed by atoms with van der Waals surface area (Å²) in [6.45, 7) is 1.92. The molecule has 0 radical (unpaired) electrons. The Morgan fingerprint density at radius 1 is 1.24 bits per heavy atom. The lowest BCUT2D eigenvalue weighted by atomic mass is 10.2. The summed E-state index contributed by atoms with van der Waals surface area (Å²) in [5, 5.41) is 4.81. The number of unbranched alkanes of at least 4 members (excludes halogenated alkanes) is 1. The fourth-order valence-electron chi connectivity index (χ4n) is 1.42. The van der Waals surface area contributed by atoms with Crippen LogP contribution in [0.15, 0.2) is 24.3 Å². The zero-order chi connectivity index (χ0) is 15.7. The highest BCUT2D eigenvalue weighted by molar-refractivity contribution is 6.33. The molecular formula is C14H17ClN2O4. The molecule has 114 valence electrons. The van der Waals surface area contributed by atoms with Crippen LogP contribution in [0.3, 0.4) is 0 Å². The maximum absolute atomic E-state index is 11.7. The van der Waals surface area contributed by atoms with Gasteiger partial charge in [0.2, 0.25) is 0 Å². The first-order valence-electron chi connectivity index (χ1n) is 6.54. The van der Waals surface area contributed by atoms with Crippen molar-refractivity contribution in [3.63, 3.8) is 0 Å². The van der Waals surface area contributed by atoms with E-state index >= 15 is 0 Å². The smallest absolute Gasteiger partial charge is 0.340 e. The van der Waals surface area contributed by atoms with Crippen molar-refractivity contribution in [1.29, 1.82) is 0 Å². The van der Waals surface area contributed by atoms with Gasteiger partial charge in [-0.2, -0.15) is 0 Å². The van der Waals surface area contributed by atoms with Gasteiger partial charge in [0.1, 0.15) is 0 Å². The van der Waals surface area contributed by atoms with E-state index < -0.39 is 24.5 Å². The number of hydrogen-bond donors (Lipinski definition) is 2. The second-order valence-corrected chi connectivity index (χ2v) is 4.62. The van der Waals surface area contributed by atoms with E-state index in [9.17, 15) is 14.4 Å². The van der Waals surface area contributed by atoms with E-state index in [0.717, 1.165) is 12.8 Å². The van der Waals surface area contributed by atoms with Gasteiger partial charge in [0, 0.05) is 6.54 Å². The Morgan fingerprint density at radius 3 is 2.62 bits per heavy atom. The summed E-state index contributed by atoms with van der Waals surface area (Å²) in [7, 11) is 0. The summed E-state index contributed by atoms with van der Waals surface area (Å²) < 4.78 is 4.78. The van der Waals surface area contributed by atoms with Gasteiger partial charge in [0.25, 0.3) is 5.91 Å². The van der Waals surface area contributed by atoms with Gasteiger partial charge in [-0.3, -0.25) is 10.1 Å². The Balaban J connectivity index is 2.34. The number of rotatable bonds is 6. The van der Waals surface area contributed by atoms with Crippen molar-refractivity contribution in [3.8, 4) is 0 Å². The van der Waals surface area contributed by atoms with Gasteiger partial charge in [-0.25, -0.2) is 9.59 Å².